The van der Waals surface area contributed by atoms with Gasteiger partial charge in [-0.2, -0.15) is 0 Å². The number of benzene rings is 2. The highest BCUT2D eigenvalue weighted by Gasteiger charge is 2.47. The van der Waals surface area contributed by atoms with Gasteiger partial charge in [0.15, 0.2) is 18.5 Å². The van der Waals surface area contributed by atoms with Gasteiger partial charge in [0.25, 0.3) is 0 Å². The van der Waals surface area contributed by atoms with Crippen LogP contribution in [0.3, 0.4) is 0 Å². The molecule has 2 aromatic carbocycles. The summed E-state index contributed by atoms with van der Waals surface area (Å²) in [4.78, 5) is 25.5. The van der Waals surface area contributed by atoms with Crippen molar-refractivity contribution in [2.75, 3.05) is 13.2 Å². The molecule has 1 aliphatic heterocycles. The fraction of sp³-hybridized carbons (Fsp3) is 0.632. The molecule has 2 aromatic rings. The molecule has 1 saturated heterocycles. The SMILES string of the molecule is CCCCOC(=O)[C@@H]1OC(c2ccc(-c3ccc(CCCCC4CCC(CCC)CC4)cc3)cc2)O[C@H]1C(=O)OCCCC. The van der Waals surface area contributed by atoms with Crippen molar-refractivity contribution >= 4 is 11.9 Å². The summed E-state index contributed by atoms with van der Waals surface area (Å²) in [5, 5.41) is 0. The summed E-state index contributed by atoms with van der Waals surface area (Å²) in [6.07, 6.45) is 13.8. The van der Waals surface area contributed by atoms with E-state index in [1.165, 1.54) is 63.4 Å². The second-order valence-electron chi connectivity index (χ2n) is 12.7. The minimum atomic E-state index is -1.15. The minimum absolute atomic E-state index is 0.283. The maximum atomic E-state index is 12.8. The Morgan fingerprint density at radius 1 is 0.636 bits per heavy atom. The average Bonchev–Trinajstić information content (AvgIpc) is 3.51. The summed E-state index contributed by atoms with van der Waals surface area (Å²) in [5.41, 5.74) is 4.35. The molecule has 1 aliphatic carbocycles. The molecule has 0 amide bonds. The van der Waals surface area contributed by atoms with E-state index in [0.29, 0.717) is 0 Å². The molecule has 0 spiro atoms. The normalized spacial score (nSPS) is 22.2. The van der Waals surface area contributed by atoms with Crippen LogP contribution < -0.4 is 0 Å². The number of carbonyl (C=O) groups is 2. The van der Waals surface area contributed by atoms with Crippen LogP contribution in [0.25, 0.3) is 11.1 Å². The zero-order valence-electron chi connectivity index (χ0n) is 27.3. The second kappa shape index (κ2) is 18.3. The van der Waals surface area contributed by atoms with Crippen molar-refractivity contribution in [3.05, 3.63) is 59.7 Å². The molecule has 242 valence electrons. The Hall–Kier alpha value is -2.70. The third-order valence-electron chi connectivity index (χ3n) is 9.23. The summed E-state index contributed by atoms with van der Waals surface area (Å²) >= 11 is 0. The maximum absolute atomic E-state index is 12.8. The Morgan fingerprint density at radius 2 is 1.14 bits per heavy atom. The first kappa shape index (κ1) is 34.2. The van der Waals surface area contributed by atoms with E-state index >= 15 is 0 Å². The second-order valence-corrected chi connectivity index (χ2v) is 12.7. The molecule has 6 nitrogen and oxygen atoms in total. The lowest BCUT2D eigenvalue weighted by molar-refractivity contribution is -0.163. The lowest BCUT2D eigenvalue weighted by atomic mass is 9.78. The van der Waals surface area contributed by atoms with Gasteiger partial charge < -0.3 is 18.9 Å². The van der Waals surface area contributed by atoms with Crippen LogP contribution >= 0.6 is 0 Å². The molecule has 0 unspecified atom stereocenters. The van der Waals surface area contributed by atoms with Crippen LogP contribution in [0.1, 0.15) is 122 Å². The molecule has 0 bridgehead atoms. The van der Waals surface area contributed by atoms with Crippen molar-refractivity contribution in [2.45, 2.75) is 129 Å². The molecule has 4 rings (SSSR count). The van der Waals surface area contributed by atoms with Crippen molar-refractivity contribution in [1.82, 2.24) is 0 Å². The lowest BCUT2D eigenvalue weighted by Crippen LogP contribution is -2.39. The van der Waals surface area contributed by atoms with E-state index in [-0.39, 0.29) is 13.2 Å². The molecular formula is C38H54O6. The van der Waals surface area contributed by atoms with Gasteiger partial charge in [-0.05, 0) is 54.2 Å². The van der Waals surface area contributed by atoms with Crippen molar-refractivity contribution < 1.29 is 28.5 Å². The van der Waals surface area contributed by atoms with Gasteiger partial charge >= 0.3 is 11.9 Å². The van der Waals surface area contributed by atoms with E-state index in [1.807, 2.05) is 38.1 Å². The zero-order valence-corrected chi connectivity index (χ0v) is 27.3. The average molecular weight is 607 g/mol. The van der Waals surface area contributed by atoms with Gasteiger partial charge in [0.05, 0.1) is 13.2 Å². The predicted octanol–water partition coefficient (Wildman–Crippen LogP) is 9.14. The molecule has 2 atom stereocenters. The van der Waals surface area contributed by atoms with Crippen molar-refractivity contribution in [3.63, 3.8) is 0 Å². The monoisotopic (exact) mass is 606 g/mol. The van der Waals surface area contributed by atoms with Gasteiger partial charge in [0.2, 0.25) is 0 Å². The first-order chi connectivity index (χ1) is 21.5. The van der Waals surface area contributed by atoms with Gasteiger partial charge in [-0.1, -0.05) is 134 Å². The number of ether oxygens (including phenoxy) is 4. The summed E-state index contributed by atoms with van der Waals surface area (Å²) in [5.74, 6) is 0.755. The molecule has 6 heteroatoms. The highest BCUT2D eigenvalue weighted by Crippen LogP contribution is 2.35. The van der Waals surface area contributed by atoms with Gasteiger partial charge in [-0.3, -0.25) is 0 Å². The first-order valence-electron chi connectivity index (χ1n) is 17.4. The zero-order chi connectivity index (χ0) is 31.1. The Kier molecular flexibility index (Phi) is 14.2. The van der Waals surface area contributed by atoms with Crippen molar-refractivity contribution in [2.24, 2.45) is 11.8 Å². The number of unbranched alkanes of at least 4 members (excludes halogenated alkanes) is 3. The highest BCUT2D eigenvalue weighted by atomic mass is 16.8. The maximum Gasteiger partial charge on any atom is 0.338 e. The Bertz CT molecular complexity index is 1090. The van der Waals surface area contributed by atoms with Gasteiger partial charge in [-0.15, -0.1) is 0 Å². The number of hydrogen-bond donors (Lipinski definition) is 0. The van der Waals surface area contributed by atoms with Gasteiger partial charge in [0, 0.05) is 5.56 Å². The van der Waals surface area contributed by atoms with Crippen LogP contribution in [0.15, 0.2) is 48.5 Å². The van der Waals surface area contributed by atoms with Crippen LogP contribution in [0.5, 0.6) is 0 Å². The summed E-state index contributed by atoms with van der Waals surface area (Å²) < 4.78 is 22.6. The summed E-state index contributed by atoms with van der Waals surface area (Å²) in [6, 6.07) is 16.8. The molecule has 44 heavy (non-hydrogen) atoms. The molecule has 2 aliphatic rings. The van der Waals surface area contributed by atoms with E-state index in [2.05, 4.69) is 31.2 Å². The third kappa shape index (κ3) is 10.2. The molecule has 0 radical (unpaired) electrons. The van der Waals surface area contributed by atoms with Crippen molar-refractivity contribution in [1.29, 1.82) is 0 Å². The molecule has 1 heterocycles. The Labute approximate surface area is 265 Å². The van der Waals surface area contributed by atoms with Crippen LogP contribution in [-0.4, -0.2) is 37.4 Å². The van der Waals surface area contributed by atoms with Gasteiger partial charge in [-0.25, -0.2) is 9.59 Å². The Morgan fingerprint density at radius 3 is 1.64 bits per heavy atom. The van der Waals surface area contributed by atoms with E-state index < -0.39 is 30.4 Å². The quantitative estimate of drug-likeness (QED) is 0.132. The van der Waals surface area contributed by atoms with Crippen LogP contribution in [0.2, 0.25) is 0 Å². The molecule has 0 N–H and O–H groups in total. The first-order valence-corrected chi connectivity index (χ1v) is 17.4. The molecule has 1 saturated carbocycles. The number of carbonyl (C=O) groups excluding carboxylic acids is 2. The summed E-state index contributed by atoms with van der Waals surface area (Å²) in [6.45, 7) is 6.92. The predicted molar refractivity (Wildman–Crippen MR) is 174 cm³/mol. The van der Waals surface area contributed by atoms with E-state index in [9.17, 15) is 9.59 Å². The largest absolute Gasteiger partial charge is 0.464 e. The molecular weight excluding hydrogens is 552 g/mol. The smallest absolute Gasteiger partial charge is 0.338 e. The fourth-order valence-electron chi connectivity index (χ4n) is 6.43. The Balaban J connectivity index is 1.27. The number of aryl methyl sites for hydroxylation is 1. The van der Waals surface area contributed by atoms with Crippen LogP contribution in [0.4, 0.5) is 0 Å². The molecule has 2 fully saturated rings. The highest BCUT2D eigenvalue weighted by molar-refractivity contribution is 5.86. The topological polar surface area (TPSA) is 71.1 Å². The number of esters is 2. The van der Waals surface area contributed by atoms with Crippen molar-refractivity contribution in [3.8, 4) is 11.1 Å². The van der Waals surface area contributed by atoms with Gasteiger partial charge in [0.1, 0.15) is 0 Å². The van der Waals surface area contributed by atoms with E-state index in [1.54, 1.807) is 0 Å². The van der Waals surface area contributed by atoms with E-state index in [0.717, 1.165) is 60.6 Å². The van der Waals surface area contributed by atoms with Crippen LogP contribution in [-0.2, 0) is 35.0 Å². The number of hydrogen-bond acceptors (Lipinski definition) is 6. The standard InChI is InChI=1S/C38H54O6/c1-4-7-26-41-36(39)34-35(37(40)42-27-8-5-2)44-38(43-34)33-24-22-32(23-25-33)31-20-18-30(19-21-31)13-10-9-12-29-16-14-28(11-6-3)15-17-29/h18-25,28-29,34-35,38H,4-17,26-27H2,1-3H3/t28?,29?,34-,35-/m1/s1. The summed E-state index contributed by atoms with van der Waals surface area (Å²) in [7, 11) is 0. The van der Waals surface area contributed by atoms with E-state index in [4.69, 9.17) is 18.9 Å². The third-order valence-corrected chi connectivity index (χ3v) is 9.23. The number of rotatable bonds is 17. The minimum Gasteiger partial charge on any atom is -0.464 e. The lowest BCUT2D eigenvalue weighted by Gasteiger charge is -2.28. The fourth-order valence-corrected chi connectivity index (χ4v) is 6.43. The van der Waals surface area contributed by atoms with Crippen LogP contribution in [0, 0.1) is 11.8 Å². The molecule has 0 aromatic heterocycles.